The number of ketones is 1. The molecule has 3 heterocycles. The Morgan fingerprint density at radius 1 is 1.03 bits per heavy atom. The van der Waals surface area contributed by atoms with E-state index in [2.05, 4.69) is 5.32 Å². The summed E-state index contributed by atoms with van der Waals surface area (Å²) in [6, 6.07) is 18.3. The van der Waals surface area contributed by atoms with Crippen LogP contribution in [0, 0.1) is 11.7 Å². The highest BCUT2D eigenvalue weighted by Gasteiger charge is 2.70. The summed E-state index contributed by atoms with van der Waals surface area (Å²) in [5.41, 5.74) is 1.71. The van der Waals surface area contributed by atoms with Gasteiger partial charge in [-0.1, -0.05) is 48.6 Å². The van der Waals surface area contributed by atoms with Gasteiger partial charge in [-0.25, -0.2) is 9.18 Å². The Balaban J connectivity index is 1.65. The van der Waals surface area contributed by atoms with Gasteiger partial charge in [-0.3, -0.25) is 9.59 Å². The molecular formula is C29H23FN2O4. The third kappa shape index (κ3) is 2.92. The lowest BCUT2D eigenvalue weighted by Crippen LogP contribution is -2.51. The Bertz CT molecular complexity index is 1430. The predicted molar refractivity (Wildman–Crippen MR) is 133 cm³/mol. The molecular weight excluding hydrogens is 459 g/mol. The SMILES string of the molecule is CCOC(=O)C1C(C(=O)c2ccc(F)cc2)C2(C(=O)Nc3ccccc32)C2C=Cc3ccccc3N12. The molecule has 4 atom stereocenters. The second kappa shape index (κ2) is 8.16. The molecule has 1 saturated heterocycles. The van der Waals surface area contributed by atoms with Crippen LogP contribution >= 0.6 is 0 Å². The fourth-order valence-electron chi connectivity index (χ4n) is 6.11. The van der Waals surface area contributed by atoms with Gasteiger partial charge in [0.05, 0.1) is 18.6 Å². The number of hydrogen-bond acceptors (Lipinski definition) is 5. The number of ether oxygens (including phenoxy) is 1. The fraction of sp³-hybridized carbons (Fsp3) is 0.207. The van der Waals surface area contributed by atoms with E-state index in [0.29, 0.717) is 11.3 Å². The summed E-state index contributed by atoms with van der Waals surface area (Å²) in [4.78, 5) is 43.8. The highest BCUT2D eigenvalue weighted by atomic mass is 19.1. The smallest absolute Gasteiger partial charge is 0.329 e. The lowest BCUT2D eigenvalue weighted by molar-refractivity contribution is -0.145. The zero-order valence-electron chi connectivity index (χ0n) is 19.5. The maximum atomic E-state index is 14.3. The molecule has 3 aromatic rings. The van der Waals surface area contributed by atoms with Crippen molar-refractivity contribution in [2.75, 3.05) is 16.8 Å². The summed E-state index contributed by atoms with van der Waals surface area (Å²) < 4.78 is 19.2. The lowest BCUT2D eigenvalue weighted by Gasteiger charge is -2.37. The topological polar surface area (TPSA) is 75.7 Å². The highest BCUT2D eigenvalue weighted by molar-refractivity contribution is 6.16. The number of rotatable bonds is 4. The Morgan fingerprint density at radius 2 is 1.75 bits per heavy atom. The summed E-state index contributed by atoms with van der Waals surface area (Å²) in [5, 5.41) is 2.96. The Morgan fingerprint density at radius 3 is 2.53 bits per heavy atom. The molecule has 6 nitrogen and oxygen atoms in total. The average molecular weight is 483 g/mol. The molecule has 7 heteroatoms. The fourth-order valence-corrected chi connectivity index (χ4v) is 6.11. The van der Waals surface area contributed by atoms with Crippen molar-refractivity contribution in [3.05, 3.63) is 101 Å². The minimum atomic E-state index is -1.40. The standard InChI is InChI=1S/C29H23FN2O4/c1-2-36-27(34)25-24(26(33)18-11-14-19(30)15-12-18)29(20-8-4-5-9-21(20)31-28(29)35)23-16-13-17-7-3-6-10-22(17)32(23)25/h3-16,23-25H,2H2,1H3,(H,31,35). The zero-order chi connectivity index (χ0) is 25.0. The van der Waals surface area contributed by atoms with Gasteiger partial charge in [-0.2, -0.15) is 0 Å². The van der Waals surface area contributed by atoms with Crippen LogP contribution in [-0.2, 0) is 19.7 Å². The summed E-state index contributed by atoms with van der Waals surface area (Å²) >= 11 is 0. The maximum absolute atomic E-state index is 14.3. The van der Waals surface area contributed by atoms with Crippen molar-refractivity contribution in [2.24, 2.45) is 5.92 Å². The number of nitrogens with zero attached hydrogens (tertiary/aromatic N) is 1. The summed E-state index contributed by atoms with van der Waals surface area (Å²) in [6.45, 7) is 1.83. The number of para-hydroxylation sites is 2. The van der Waals surface area contributed by atoms with Crippen molar-refractivity contribution in [3.63, 3.8) is 0 Å². The van der Waals surface area contributed by atoms with E-state index >= 15 is 0 Å². The molecule has 0 saturated carbocycles. The van der Waals surface area contributed by atoms with E-state index in [4.69, 9.17) is 4.74 Å². The number of hydrogen-bond donors (Lipinski definition) is 1. The van der Waals surface area contributed by atoms with Crippen LogP contribution < -0.4 is 10.2 Å². The number of benzene rings is 3. The molecule has 6 rings (SSSR count). The van der Waals surface area contributed by atoms with E-state index in [1.807, 2.05) is 59.5 Å². The van der Waals surface area contributed by atoms with Crippen molar-refractivity contribution in [1.82, 2.24) is 0 Å². The van der Waals surface area contributed by atoms with Gasteiger partial charge in [0.1, 0.15) is 17.3 Å². The second-order valence-corrected chi connectivity index (χ2v) is 9.18. The molecule has 180 valence electrons. The van der Waals surface area contributed by atoms with Crippen LogP contribution in [0.3, 0.4) is 0 Å². The number of fused-ring (bicyclic) bond motifs is 6. The maximum Gasteiger partial charge on any atom is 0.329 e. The normalized spacial score (nSPS) is 25.2. The third-order valence-corrected chi connectivity index (χ3v) is 7.48. The van der Waals surface area contributed by atoms with Gasteiger partial charge in [0.25, 0.3) is 0 Å². The predicted octanol–water partition coefficient (Wildman–Crippen LogP) is 4.36. The van der Waals surface area contributed by atoms with Gasteiger partial charge in [0.2, 0.25) is 5.91 Å². The number of nitrogens with one attached hydrogen (secondary N) is 1. The molecule has 3 aromatic carbocycles. The molecule has 0 radical (unpaired) electrons. The van der Waals surface area contributed by atoms with Crippen molar-refractivity contribution in [1.29, 1.82) is 0 Å². The molecule has 3 aliphatic rings. The highest BCUT2D eigenvalue weighted by Crippen LogP contribution is 2.57. The van der Waals surface area contributed by atoms with E-state index in [1.165, 1.54) is 24.3 Å². The van der Waals surface area contributed by atoms with Crippen LogP contribution in [0.25, 0.3) is 6.08 Å². The van der Waals surface area contributed by atoms with E-state index in [1.54, 1.807) is 13.0 Å². The number of halogens is 1. The summed E-state index contributed by atoms with van der Waals surface area (Å²) in [5.74, 6) is -2.95. The van der Waals surface area contributed by atoms with Crippen LogP contribution in [0.5, 0.6) is 0 Å². The molecule has 0 aliphatic carbocycles. The monoisotopic (exact) mass is 482 g/mol. The quantitative estimate of drug-likeness (QED) is 0.442. The van der Waals surface area contributed by atoms with E-state index in [-0.39, 0.29) is 18.1 Å². The zero-order valence-corrected chi connectivity index (χ0v) is 19.5. The van der Waals surface area contributed by atoms with E-state index in [0.717, 1.165) is 11.3 Å². The van der Waals surface area contributed by atoms with Crippen LogP contribution in [0.15, 0.2) is 78.9 Å². The number of Topliss-reactive ketones (excluding diaryl/α,β-unsaturated/α-hetero) is 1. The van der Waals surface area contributed by atoms with Crippen LogP contribution in [-0.4, -0.2) is 36.4 Å². The molecule has 3 aliphatic heterocycles. The van der Waals surface area contributed by atoms with Gasteiger partial charge < -0.3 is 15.0 Å². The summed E-state index contributed by atoms with van der Waals surface area (Å²) in [6.07, 6.45) is 3.83. The van der Waals surface area contributed by atoms with Crippen molar-refractivity contribution < 1.29 is 23.5 Å². The molecule has 36 heavy (non-hydrogen) atoms. The first-order chi connectivity index (χ1) is 17.5. The molecule has 0 aromatic heterocycles. The average Bonchev–Trinajstić information content (AvgIpc) is 3.37. The minimum absolute atomic E-state index is 0.124. The van der Waals surface area contributed by atoms with E-state index < -0.39 is 41.0 Å². The number of anilines is 2. The second-order valence-electron chi connectivity index (χ2n) is 9.18. The number of carbonyl (C=O) groups excluding carboxylic acids is 3. The number of carbonyl (C=O) groups is 3. The van der Waals surface area contributed by atoms with Crippen molar-refractivity contribution in [3.8, 4) is 0 Å². The van der Waals surface area contributed by atoms with Crippen LogP contribution in [0.1, 0.15) is 28.4 Å². The van der Waals surface area contributed by atoms with Crippen molar-refractivity contribution >= 4 is 35.1 Å². The van der Waals surface area contributed by atoms with Crippen LogP contribution in [0.2, 0.25) is 0 Å². The Kier molecular flexibility index (Phi) is 5.03. The number of esters is 1. The first-order valence-electron chi connectivity index (χ1n) is 11.9. The largest absolute Gasteiger partial charge is 0.464 e. The molecule has 4 unspecified atom stereocenters. The first-order valence-corrected chi connectivity index (χ1v) is 11.9. The third-order valence-electron chi connectivity index (χ3n) is 7.48. The first kappa shape index (κ1) is 22.2. The van der Waals surface area contributed by atoms with Crippen molar-refractivity contribution in [2.45, 2.75) is 24.4 Å². The molecule has 0 bridgehead atoms. The molecule has 1 N–H and O–H groups in total. The van der Waals surface area contributed by atoms with Crippen LogP contribution in [0.4, 0.5) is 15.8 Å². The Labute approximate surface area is 207 Å². The minimum Gasteiger partial charge on any atom is -0.464 e. The molecule has 1 amide bonds. The Hall–Kier alpha value is -4.26. The van der Waals surface area contributed by atoms with Gasteiger partial charge in [0.15, 0.2) is 5.78 Å². The van der Waals surface area contributed by atoms with Gasteiger partial charge in [-0.15, -0.1) is 0 Å². The van der Waals surface area contributed by atoms with Gasteiger partial charge in [-0.05, 0) is 54.4 Å². The lowest BCUT2D eigenvalue weighted by atomic mass is 9.64. The van der Waals surface area contributed by atoms with Gasteiger partial charge >= 0.3 is 5.97 Å². The molecule has 1 fully saturated rings. The summed E-state index contributed by atoms with van der Waals surface area (Å²) in [7, 11) is 0. The van der Waals surface area contributed by atoms with Gasteiger partial charge in [0, 0.05) is 16.9 Å². The number of amides is 1. The van der Waals surface area contributed by atoms with E-state index in [9.17, 15) is 18.8 Å². The molecule has 1 spiro atoms.